The highest BCUT2D eigenvalue weighted by atomic mass is 16.5. The molecule has 0 spiro atoms. The van der Waals surface area contributed by atoms with Crippen LogP contribution in [0.15, 0.2) is 71.7 Å². The fourth-order valence-corrected chi connectivity index (χ4v) is 4.04. The number of anilines is 1. The molecule has 178 valence electrons. The first-order chi connectivity index (χ1) is 16.8. The standard InChI is InChI=1S/C28H27N3O4/c1-5-22(26(32)30-23-16-18(3)14-15-29-23)35-28(34)25-24(19-12-10-17(2)11-13-19)20-8-6-7-9-21(20)27(33)31(25)4/h6-16,22H,5H2,1-4H3,(H,29,30,32). The number of carbonyl (C=O) groups excluding carboxylic acids is 2. The van der Waals surface area contributed by atoms with Crippen molar-refractivity contribution < 1.29 is 14.3 Å². The molecule has 1 N–H and O–H groups in total. The summed E-state index contributed by atoms with van der Waals surface area (Å²) in [4.78, 5) is 43.7. The van der Waals surface area contributed by atoms with Crippen LogP contribution in [0.1, 0.15) is 35.0 Å². The van der Waals surface area contributed by atoms with E-state index in [2.05, 4.69) is 10.3 Å². The molecule has 7 heteroatoms. The maximum absolute atomic E-state index is 13.5. The molecule has 0 saturated carbocycles. The van der Waals surface area contributed by atoms with Gasteiger partial charge in [0.05, 0.1) is 0 Å². The molecule has 0 aliphatic carbocycles. The van der Waals surface area contributed by atoms with Crippen molar-refractivity contribution in [3.05, 3.63) is 94.0 Å². The predicted molar refractivity (Wildman–Crippen MR) is 136 cm³/mol. The predicted octanol–water partition coefficient (Wildman–Crippen LogP) is 4.79. The maximum atomic E-state index is 13.5. The third-order valence-electron chi connectivity index (χ3n) is 5.92. The van der Waals surface area contributed by atoms with Gasteiger partial charge in [0.15, 0.2) is 6.10 Å². The molecule has 0 bridgehead atoms. The lowest BCUT2D eigenvalue weighted by Gasteiger charge is -2.20. The van der Waals surface area contributed by atoms with Crippen LogP contribution in [0.3, 0.4) is 0 Å². The van der Waals surface area contributed by atoms with E-state index in [1.54, 1.807) is 38.4 Å². The van der Waals surface area contributed by atoms with Gasteiger partial charge in [0.2, 0.25) is 0 Å². The number of aromatic nitrogens is 2. The number of amides is 1. The minimum absolute atomic E-state index is 0.0949. The quantitative estimate of drug-likeness (QED) is 0.410. The Morgan fingerprint density at radius 1 is 1.00 bits per heavy atom. The van der Waals surface area contributed by atoms with E-state index in [1.165, 1.54) is 4.57 Å². The summed E-state index contributed by atoms with van der Waals surface area (Å²) in [7, 11) is 1.54. The summed E-state index contributed by atoms with van der Waals surface area (Å²) in [5.74, 6) is -0.852. The zero-order valence-electron chi connectivity index (χ0n) is 20.2. The Balaban J connectivity index is 1.76. The van der Waals surface area contributed by atoms with Gasteiger partial charge in [-0.2, -0.15) is 0 Å². The molecule has 0 aliphatic rings. The van der Waals surface area contributed by atoms with Gasteiger partial charge in [0, 0.05) is 24.2 Å². The van der Waals surface area contributed by atoms with E-state index in [9.17, 15) is 14.4 Å². The van der Waals surface area contributed by atoms with Crippen LogP contribution in [0.2, 0.25) is 0 Å². The Bertz CT molecular complexity index is 1470. The van der Waals surface area contributed by atoms with Crippen LogP contribution in [0.5, 0.6) is 0 Å². The number of benzene rings is 2. The highest BCUT2D eigenvalue weighted by Crippen LogP contribution is 2.31. The van der Waals surface area contributed by atoms with Gasteiger partial charge in [-0.15, -0.1) is 0 Å². The molecule has 0 aliphatic heterocycles. The van der Waals surface area contributed by atoms with E-state index < -0.39 is 18.0 Å². The van der Waals surface area contributed by atoms with E-state index in [0.717, 1.165) is 16.7 Å². The minimum Gasteiger partial charge on any atom is -0.448 e. The highest BCUT2D eigenvalue weighted by Gasteiger charge is 2.28. The van der Waals surface area contributed by atoms with Crippen molar-refractivity contribution in [3.8, 4) is 11.1 Å². The van der Waals surface area contributed by atoms with Gasteiger partial charge < -0.3 is 14.6 Å². The summed E-state index contributed by atoms with van der Waals surface area (Å²) in [6.45, 7) is 5.62. The lowest BCUT2D eigenvalue weighted by molar-refractivity contribution is -0.124. The SMILES string of the molecule is CCC(OC(=O)c1c(-c2ccc(C)cc2)c2ccccc2c(=O)n1C)C(=O)Nc1cc(C)ccn1. The van der Waals surface area contributed by atoms with E-state index in [-0.39, 0.29) is 17.7 Å². The Morgan fingerprint density at radius 3 is 2.34 bits per heavy atom. The first-order valence-electron chi connectivity index (χ1n) is 11.4. The molecular formula is C28H27N3O4. The molecule has 2 aromatic heterocycles. The number of esters is 1. The van der Waals surface area contributed by atoms with E-state index >= 15 is 0 Å². The second-order valence-corrected chi connectivity index (χ2v) is 8.51. The minimum atomic E-state index is -1.06. The van der Waals surface area contributed by atoms with Crippen LogP contribution >= 0.6 is 0 Å². The van der Waals surface area contributed by atoms with Crippen molar-refractivity contribution in [1.29, 1.82) is 0 Å². The molecule has 4 rings (SSSR count). The van der Waals surface area contributed by atoms with Gasteiger partial charge in [-0.25, -0.2) is 9.78 Å². The number of rotatable bonds is 6. The molecule has 2 heterocycles. The molecule has 7 nitrogen and oxygen atoms in total. The molecule has 4 aromatic rings. The second-order valence-electron chi connectivity index (χ2n) is 8.51. The van der Waals surface area contributed by atoms with Gasteiger partial charge in [0.25, 0.3) is 11.5 Å². The number of hydrogen-bond acceptors (Lipinski definition) is 5. The van der Waals surface area contributed by atoms with Gasteiger partial charge in [0.1, 0.15) is 11.5 Å². The highest BCUT2D eigenvalue weighted by molar-refractivity contribution is 6.07. The molecule has 1 unspecified atom stereocenters. The van der Waals surface area contributed by atoms with Crippen LogP contribution in [0.4, 0.5) is 5.82 Å². The number of carbonyl (C=O) groups is 2. The van der Waals surface area contributed by atoms with Crippen molar-refractivity contribution in [1.82, 2.24) is 9.55 Å². The zero-order chi connectivity index (χ0) is 25.1. The average Bonchev–Trinajstić information content (AvgIpc) is 2.85. The van der Waals surface area contributed by atoms with Crippen molar-refractivity contribution >= 4 is 28.5 Å². The zero-order valence-corrected chi connectivity index (χ0v) is 20.2. The third kappa shape index (κ3) is 4.84. The second kappa shape index (κ2) is 9.93. The number of fused-ring (bicyclic) bond motifs is 1. The first kappa shape index (κ1) is 23.9. The van der Waals surface area contributed by atoms with Gasteiger partial charge in [-0.3, -0.25) is 9.59 Å². The van der Waals surface area contributed by atoms with E-state index in [1.807, 2.05) is 56.3 Å². The van der Waals surface area contributed by atoms with E-state index in [4.69, 9.17) is 4.74 Å². The largest absolute Gasteiger partial charge is 0.448 e. The smallest absolute Gasteiger partial charge is 0.356 e. The number of ether oxygens (including phenoxy) is 1. The molecule has 0 fully saturated rings. The van der Waals surface area contributed by atoms with Crippen LogP contribution in [-0.4, -0.2) is 27.5 Å². The molecular weight excluding hydrogens is 442 g/mol. The number of pyridine rings is 2. The van der Waals surface area contributed by atoms with Crippen molar-refractivity contribution in [2.45, 2.75) is 33.3 Å². The lowest BCUT2D eigenvalue weighted by atomic mass is 9.96. The number of aryl methyl sites for hydroxylation is 2. The molecule has 35 heavy (non-hydrogen) atoms. The molecule has 0 saturated heterocycles. The Kier molecular flexibility index (Phi) is 6.78. The monoisotopic (exact) mass is 469 g/mol. The van der Waals surface area contributed by atoms with Crippen LogP contribution < -0.4 is 10.9 Å². The fraction of sp³-hybridized carbons (Fsp3) is 0.214. The Labute approximate surface area is 203 Å². The van der Waals surface area contributed by atoms with Gasteiger partial charge in [-0.1, -0.05) is 55.0 Å². The van der Waals surface area contributed by atoms with Crippen molar-refractivity contribution in [2.24, 2.45) is 7.05 Å². The topological polar surface area (TPSA) is 90.3 Å². The normalized spacial score (nSPS) is 11.8. The number of nitrogens with zero attached hydrogens (tertiary/aromatic N) is 2. The Morgan fingerprint density at radius 2 is 1.69 bits per heavy atom. The molecule has 1 atom stereocenters. The van der Waals surface area contributed by atoms with Crippen LogP contribution in [-0.2, 0) is 16.6 Å². The number of hydrogen-bond donors (Lipinski definition) is 1. The first-order valence-corrected chi connectivity index (χ1v) is 11.4. The summed E-state index contributed by atoms with van der Waals surface area (Å²) in [5, 5.41) is 3.85. The molecule has 0 radical (unpaired) electrons. The van der Waals surface area contributed by atoms with Crippen molar-refractivity contribution in [2.75, 3.05) is 5.32 Å². The van der Waals surface area contributed by atoms with Crippen LogP contribution in [0.25, 0.3) is 21.9 Å². The summed E-state index contributed by atoms with van der Waals surface area (Å²) in [5.41, 5.74) is 3.15. The third-order valence-corrected chi connectivity index (χ3v) is 5.92. The summed E-state index contributed by atoms with van der Waals surface area (Å²) in [6, 6.07) is 18.4. The number of nitrogens with one attached hydrogen (secondary N) is 1. The van der Waals surface area contributed by atoms with E-state index in [0.29, 0.717) is 22.2 Å². The summed E-state index contributed by atoms with van der Waals surface area (Å²) < 4.78 is 6.98. The fourth-order valence-electron chi connectivity index (χ4n) is 4.04. The lowest BCUT2D eigenvalue weighted by Crippen LogP contribution is -2.34. The van der Waals surface area contributed by atoms with Gasteiger partial charge in [-0.05, 0) is 55.0 Å². The molecule has 1 amide bonds. The Hall–Kier alpha value is -4.26. The maximum Gasteiger partial charge on any atom is 0.356 e. The summed E-state index contributed by atoms with van der Waals surface area (Å²) in [6.07, 6.45) is 0.791. The summed E-state index contributed by atoms with van der Waals surface area (Å²) >= 11 is 0. The van der Waals surface area contributed by atoms with Crippen molar-refractivity contribution in [3.63, 3.8) is 0 Å². The van der Waals surface area contributed by atoms with Gasteiger partial charge >= 0.3 is 5.97 Å². The molecule has 2 aromatic carbocycles. The average molecular weight is 470 g/mol. The van der Waals surface area contributed by atoms with Crippen LogP contribution in [0, 0.1) is 13.8 Å².